The van der Waals surface area contributed by atoms with Gasteiger partial charge in [0.05, 0.1) is 24.5 Å². The standard InChI is InChI=1S/C22H27N3O3.C4H4O4/c26-18(13-23-8-10-24(11-9-23)17-4-2-1-3-5-17)14-25-21(27)19-15-6-7-16(12-15)20(19)22(25)28;5-3(6)1-2-4(7)8/h1-7,15-16,18-20,26H,8-14H2;1-2H,(H,5,6)(H,7,8)/b;2-1-/t15-,16?,18?,19-,20?;/m0./s1. The van der Waals surface area contributed by atoms with Gasteiger partial charge < -0.3 is 20.2 Å². The number of anilines is 1. The molecule has 0 spiro atoms. The van der Waals surface area contributed by atoms with E-state index in [4.69, 9.17) is 10.2 Å². The number of nitrogens with zero attached hydrogens (tertiary/aromatic N) is 3. The summed E-state index contributed by atoms with van der Waals surface area (Å²) in [5.41, 5.74) is 1.23. The topological polar surface area (TPSA) is 139 Å². The average molecular weight is 498 g/mol. The number of allylic oxidation sites excluding steroid dienone is 2. The second kappa shape index (κ2) is 11.0. The number of benzene rings is 1. The molecule has 3 unspecified atom stereocenters. The van der Waals surface area contributed by atoms with Crippen molar-refractivity contribution in [3.8, 4) is 0 Å². The molecule has 3 fully saturated rings. The molecule has 2 aliphatic heterocycles. The molecule has 1 saturated carbocycles. The lowest BCUT2D eigenvalue weighted by Crippen LogP contribution is -2.50. The number of carbonyl (C=O) groups excluding carboxylic acids is 2. The molecule has 192 valence electrons. The lowest BCUT2D eigenvalue weighted by atomic mass is 9.85. The van der Waals surface area contributed by atoms with Crippen LogP contribution in [0.4, 0.5) is 5.69 Å². The number of fused-ring (bicyclic) bond motifs is 5. The van der Waals surface area contributed by atoms with Crippen LogP contribution in [0.1, 0.15) is 6.42 Å². The number of carboxylic acids is 2. The van der Waals surface area contributed by atoms with Crippen LogP contribution < -0.4 is 4.90 Å². The maximum atomic E-state index is 12.8. The zero-order valence-electron chi connectivity index (χ0n) is 19.8. The number of likely N-dealkylation sites (tertiary alicyclic amines) is 1. The maximum absolute atomic E-state index is 12.8. The van der Waals surface area contributed by atoms with E-state index < -0.39 is 18.0 Å². The summed E-state index contributed by atoms with van der Waals surface area (Å²) < 4.78 is 0. The van der Waals surface area contributed by atoms with Gasteiger partial charge in [-0.2, -0.15) is 0 Å². The summed E-state index contributed by atoms with van der Waals surface area (Å²) in [5, 5.41) is 26.2. The Kier molecular flexibility index (Phi) is 7.85. The number of aliphatic hydroxyl groups excluding tert-OH is 1. The predicted molar refractivity (Wildman–Crippen MR) is 130 cm³/mol. The highest BCUT2D eigenvalue weighted by atomic mass is 16.4. The molecule has 5 atom stereocenters. The fraction of sp³-hybridized carbons (Fsp3) is 0.462. The first-order valence-corrected chi connectivity index (χ1v) is 12.1. The van der Waals surface area contributed by atoms with E-state index in [1.165, 1.54) is 10.6 Å². The second-order valence-corrected chi connectivity index (χ2v) is 9.57. The quantitative estimate of drug-likeness (QED) is 0.282. The summed E-state index contributed by atoms with van der Waals surface area (Å²) >= 11 is 0. The number of imide groups is 1. The fourth-order valence-corrected chi connectivity index (χ4v) is 5.68. The number of carbonyl (C=O) groups is 4. The Bertz CT molecular complexity index is 1000. The van der Waals surface area contributed by atoms with Crippen LogP contribution in [0.3, 0.4) is 0 Å². The molecule has 1 aromatic rings. The van der Waals surface area contributed by atoms with E-state index in [1.807, 2.05) is 18.2 Å². The van der Waals surface area contributed by atoms with Crippen molar-refractivity contribution >= 4 is 29.4 Å². The van der Waals surface area contributed by atoms with Crippen LogP contribution in [0.25, 0.3) is 0 Å². The van der Waals surface area contributed by atoms with E-state index >= 15 is 0 Å². The number of carboxylic acid groups (broad SMARTS) is 2. The van der Waals surface area contributed by atoms with Crippen molar-refractivity contribution in [1.82, 2.24) is 9.80 Å². The van der Waals surface area contributed by atoms with Crippen LogP contribution in [-0.2, 0) is 19.2 Å². The second-order valence-electron chi connectivity index (χ2n) is 9.57. The first kappa shape index (κ1) is 25.6. The van der Waals surface area contributed by atoms with Gasteiger partial charge in [0.15, 0.2) is 0 Å². The summed E-state index contributed by atoms with van der Waals surface area (Å²) in [4.78, 5) is 50.5. The fourth-order valence-electron chi connectivity index (χ4n) is 5.68. The van der Waals surface area contributed by atoms with Crippen LogP contribution in [0.5, 0.6) is 0 Å². The first-order valence-electron chi connectivity index (χ1n) is 12.1. The zero-order valence-corrected chi connectivity index (χ0v) is 19.8. The van der Waals surface area contributed by atoms with Crippen LogP contribution in [-0.4, -0.2) is 94.2 Å². The third kappa shape index (κ3) is 5.66. The summed E-state index contributed by atoms with van der Waals surface area (Å²) in [7, 11) is 0. The molecule has 0 radical (unpaired) electrons. The predicted octanol–water partition coefficient (Wildman–Crippen LogP) is 0.688. The molecule has 10 heteroatoms. The number of hydrogen-bond donors (Lipinski definition) is 3. The largest absolute Gasteiger partial charge is 0.478 e. The van der Waals surface area contributed by atoms with Gasteiger partial charge in [-0.1, -0.05) is 30.4 Å². The number of aliphatic hydroxyl groups is 1. The SMILES string of the molecule is O=C(O)/C=C\C(=O)O.O=C1C2C3C=C[C@@H](C3)[C@@H]2C(=O)N1CC(O)CN1CCN(c2ccccc2)CC1. The number of amides is 2. The number of hydrogen-bond acceptors (Lipinski definition) is 7. The summed E-state index contributed by atoms with van der Waals surface area (Å²) in [6.45, 7) is 4.19. The van der Waals surface area contributed by atoms with E-state index in [2.05, 4.69) is 34.1 Å². The third-order valence-electron chi connectivity index (χ3n) is 7.29. The van der Waals surface area contributed by atoms with Crippen molar-refractivity contribution in [2.24, 2.45) is 23.7 Å². The van der Waals surface area contributed by atoms with Crippen molar-refractivity contribution < 1.29 is 34.5 Å². The molecule has 1 aromatic carbocycles. The van der Waals surface area contributed by atoms with Gasteiger partial charge in [0.1, 0.15) is 0 Å². The average Bonchev–Trinajstić information content (AvgIpc) is 3.54. The van der Waals surface area contributed by atoms with Crippen LogP contribution in [0.2, 0.25) is 0 Å². The zero-order chi connectivity index (χ0) is 25.8. The monoisotopic (exact) mass is 497 g/mol. The van der Waals surface area contributed by atoms with E-state index in [9.17, 15) is 24.3 Å². The van der Waals surface area contributed by atoms with Crippen LogP contribution >= 0.6 is 0 Å². The molecule has 0 aromatic heterocycles. The van der Waals surface area contributed by atoms with Crippen molar-refractivity contribution in [2.75, 3.05) is 44.2 Å². The molecule has 10 nitrogen and oxygen atoms in total. The molecular formula is C26H31N3O7. The van der Waals surface area contributed by atoms with Gasteiger partial charge in [-0.25, -0.2) is 9.59 Å². The Morgan fingerprint density at radius 3 is 1.89 bits per heavy atom. The minimum absolute atomic E-state index is 0.0696. The van der Waals surface area contributed by atoms with Crippen molar-refractivity contribution in [3.05, 3.63) is 54.6 Å². The minimum atomic E-state index is -1.26. The van der Waals surface area contributed by atoms with Gasteiger partial charge in [-0.05, 0) is 30.4 Å². The first-order chi connectivity index (χ1) is 17.2. The van der Waals surface area contributed by atoms with Crippen molar-refractivity contribution in [3.63, 3.8) is 0 Å². The van der Waals surface area contributed by atoms with Gasteiger partial charge in [-0.3, -0.25) is 19.4 Å². The molecule has 2 heterocycles. The van der Waals surface area contributed by atoms with E-state index in [-0.39, 0.29) is 42.0 Å². The molecule has 5 rings (SSSR count). The number of β-amino-alcohol motifs (C(OH)–C–C–N with tert-alkyl or cyclic N) is 1. The Balaban J connectivity index is 0.000000331. The summed E-state index contributed by atoms with van der Waals surface area (Å²) in [6.07, 6.45) is 5.56. The van der Waals surface area contributed by atoms with Gasteiger partial charge in [0.2, 0.25) is 11.8 Å². The molecule has 36 heavy (non-hydrogen) atoms. The molecular weight excluding hydrogens is 466 g/mol. The number of rotatable bonds is 7. The highest BCUT2D eigenvalue weighted by Crippen LogP contribution is 2.52. The van der Waals surface area contributed by atoms with Gasteiger partial charge in [0, 0.05) is 50.6 Å². The summed E-state index contributed by atoms with van der Waals surface area (Å²) in [6, 6.07) is 10.4. The number of piperazine rings is 1. The highest BCUT2D eigenvalue weighted by molar-refractivity contribution is 6.06. The molecule has 2 bridgehead atoms. The Morgan fingerprint density at radius 1 is 0.861 bits per heavy atom. The Morgan fingerprint density at radius 2 is 1.39 bits per heavy atom. The molecule has 3 N–H and O–H groups in total. The van der Waals surface area contributed by atoms with Crippen LogP contribution in [0.15, 0.2) is 54.6 Å². The van der Waals surface area contributed by atoms with Gasteiger partial charge in [-0.15, -0.1) is 0 Å². The van der Waals surface area contributed by atoms with E-state index in [0.717, 1.165) is 32.6 Å². The third-order valence-corrected chi connectivity index (χ3v) is 7.29. The highest BCUT2D eigenvalue weighted by Gasteiger charge is 2.59. The Hall–Kier alpha value is -3.50. The number of aliphatic carboxylic acids is 2. The molecule has 2 aliphatic carbocycles. The van der Waals surface area contributed by atoms with Crippen molar-refractivity contribution in [1.29, 1.82) is 0 Å². The van der Waals surface area contributed by atoms with E-state index in [0.29, 0.717) is 18.7 Å². The lowest BCUT2D eigenvalue weighted by Gasteiger charge is -2.37. The minimum Gasteiger partial charge on any atom is -0.478 e. The van der Waals surface area contributed by atoms with E-state index in [1.54, 1.807) is 0 Å². The molecule has 2 saturated heterocycles. The van der Waals surface area contributed by atoms with Gasteiger partial charge >= 0.3 is 11.9 Å². The molecule has 2 amide bonds. The summed E-state index contributed by atoms with van der Waals surface area (Å²) in [5.74, 6) is -2.56. The number of para-hydroxylation sites is 1. The maximum Gasteiger partial charge on any atom is 0.328 e. The van der Waals surface area contributed by atoms with Crippen LogP contribution in [0, 0.1) is 23.7 Å². The molecule has 4 aliphatic rings. The smallest absolute Gasteiger partial charge is 0.328 e. The normalized spacial score (nSPS) is 27.8. The lowest BCUT2D eigenvalue weighted by molar-refractivity contribution is -0.142. The van der Waals surface area contributed by atoms with Crippen molar-refractivity contribution in [2.45, 2.75) is 12.5 Å². The van der Waals surface area contributed by atoms with Gasteiger partial charge in [0.25, 0.3) is 0 Å². The Labute approximate surface area is 209 Å².